The van der Waals surface area contributed by atoms with Crippen molar-refractivity contribution in [2.45, 2.75) is 50.5 Å². The third-order valence-corrected chi connectivity index (χ3v) is 4.65. The monoisotopic (exact) mass is 226 g/mol. The number of hydrogen-bond donors (Lipinski definition) is 3. The Morgan fingerprint density at radius 2 is 2.12 bits per heavy atom. The number of aliphatic hydroxyl groups is 1. The van der Waals surface area contributed by atoms with Gasteiger partial charge in [0.15, 0.2) is 0 Å². The van der Waals surface area contributed by atoms with E-state index in [2.05, 4.69) is 5.32 Å². The van der Waals surface area contributed by atoms with Gasteiger partial charge in [-0.1, -0.05) is 6.42 Å². The van der Waals surface area contributed by atoms with Crippen LogP contribution in [-0.2, 0) is 0 Å². The van der Waals surface area contributed by atoms with Crippen molar-refractivity contribution in [3.8, 4) is 0 Å². The fourth-order valence-corrected chi connectivity index (χ4v) is 3.73. The van der Waals surface area contributed by atoms with Crippen molar-refractivity contribution in [3.05, 3.63) is 0 Å². The Balaban J connectivity index is 1.73. The van der Waals surface area contributed by atoms with Gasteiger partial charge in [0.1, 0.15) is 0 Å². The van der Waals surface area contributed by atoms with E-state index in [0.29, 0.717) is 6.61 Å². The number of nitrogens with one attached hydrogen (secondary N) is 1. The Kier molecular flexibility index (Phi) is 4.22. The van der Waals surface area contributed by atoms with Gasteiger partial charge < -0.3 is 16.2 Å². The molecule has 2 bridgehead atoms. The Labute approximate surface area is 98.8 Å². The first-order valence-electron chi connectivity index (χ1n) is 6.87. The van der Waals surface area contributed by atoms with Crippen molar-refractivity contribution in [2.75, 3.05) is 19.7 Å². The van der Waals surface area contributed by atoms with Crippen LogP contribution in [0.3, 0.4) is 0 Å². The van der Waals surface area contributed by atoms with Crippen molar-refractivity contribution < 1.29 is 5.11 Å². The highest BCUT2D eigenvalue weighted by atomic mass is 16.2. The van der Waals surface area contributed by atoms with E-state index in [1.54, 1.807) is 0 Å². The molecular formula is C13H26N2O. The summed E-state index contributed by atoms with van der Waals surface area (Å²) >= 11 is 0. The maximum Gasteiger partial charge on any atom is 0.0431 e. The predicted molar refractivity (Wildman–Crippen MR) is 66.2 cm³/mol. The molecule has 2 aliphatic rings. The van der Waals surface area contributed by atoms with Gasteiger partial charge in [0.25, 0.3) is 0 Å². The van der Waals surface area contributed by atoms with Gasteiger partial charge in [0.05, 0.1) is 0 Å². The molecular weight excluding hydrogens is 200 g/mol. The largest absolute Gasteiger partial charge is 0.396 e. The molecule has 3 nitrogen and oxygen atoms in total. The van der Waals surface area contributed by atoms with Crippen molar-refractivity contribution in [2.24, 2.45) is 17.6 Å². The highest BCUT2D eigenvalue weighted by molar-refractivity contribution is 5.06. The molecule has 94 valence electrons. The molecule has 0 aromatic heterocycles. The van der Waals surface area contributed by atoms with E-state index in [4.69, 9.17) is 10.8 Å². The molecule has 0 aromatic rings. The van der Waals surface area contributed by atoms with Gasteiger partial charge in [-0.05, 0) is 56.9 Å². The SMILES string of the molecule is NCC1(NCCCCCO)CC2CCC1C2. The van der Waals surface area contributed by atoms with E-state index in [1.165, 1.54) is 32.1 Å². The molecule has 0 radical (unpaired) electrons. The molecule has 2 saturated carbocycles. The third kappa shape index (κ3) is 2.41. The zero-order valence-electron chi connectivity index (χ0n) is 10.3. The predicted octanol–water partition coefficient (Wildman–Crippen LogP) is 1.26. The fraction of sp³-hybridized carbons (Fsp3) is 1.00. The lowest BCUT2D eigenvalue weighted by Gasteiger charge is -2.38. The Bertz CT molecular complexity index is 222. The van der Waals surface area contributed by atoms with Crippen LogP contribution in [0.4, 0.5) is 0 Å². The number of nitrogens with two attached hydrogens (primary N) is 1. The van der Waals surface area contributed by atoms with Gasteiger partial charge in [0, 0.05) is 18.7 Å². The van der Waals surface area contributed by atoms with E-state index in [1.807, 2.05) is 0 Å². The highest BCUT2D eigenvalue weighted by Crippen LogP contribution is 2.50. The molecule has 0 aliphatic heterocycles. The Morgan fingerprint density at radius 1 is 1.25 bits per heavy atom. The number of unbranched alkanes of at least 4 members (excludes halogenated alkanes) is 2. The number of aliphatic hydroxyl groups excluding tert-OH is 1. The molecule has 0 aromatic carbocycles. The van der Waals surface area contributed by atoms with Crippen LogP contribution in [0.15, 0.2) is 0 Å². The summed E-state index contributed by atoms with van der Waals surface area (Å²) in [6.45, 7) is 2.20. The quantitative estimate of drug-likeness (QED) is 0.573. The van der Waals surface area contributed by atoms with Crippen molar-refractivity contribution in [1.82, 2.24) is 5.32 Å². The molecule has 16 heavy (non-hydrogen) atoms. The van der Waals surface area contributed by atoms with Crippen LogP contribution in [0.25, 0.3) is 0 Å². The lowest BCUT2D eigenvalue weighted by Crippen LogP contribution is -2.55. The smallest absolute Gasteiger partial charge is 0.0431 e. The Hall–Kier alpha value is -0.120. The maximum atomic E-state index is 8.72. The fourth-order valence-electron chi connectivity index (χ4n) is 3.73. The molecule has 4 N–H and O–H groups in total. The average Bonchev–Trinajstić information content (AvgIpc) is 2.89. The van der Waals surface area contributed by atoms with Crippen LogP contribution in [-0.4, -0.2) is 30.3 Å². The molecule has 2 aliphatic carbocycles. The summed E-state index contributed by atoms with van der Waals surface area (Å²) in [5.74, 6) is 1.78. The number of rotatable bonds is 7. The van der Waals surface area contributed by atoms with Crippen LogP contribution in [0.1, 0.15) is 44.9 Å². The third-order valence-electron chi connectivity index (χ3n) is 4.65. The van der Waals surface area contributed by atoms with E-state index in [9.17, 15) is 0 Å². The number of hydrogen-bond acceptors (Lipinski definition) is 3. The number of fused-ring (bicyclic) bond motifs is 2. The second-order valence-electron chi connectivity index (χ2n) is 5.65. The highest BCUT2D eigenvalue weighted by Gasteiger charge is 2.49. The Morgan fingerprint density at radius 3 is 2.69 bits per heavy atom. The second kappa shape index (κ2) is 5.48. The minimum absolute atomic E-state index is 0.266. The molecule has 3 unspecified atom stereocenters. The van der Waals surface area contributed by atoms with Gasteiger partial charge in [-0.15, -0.1) is 0 Å². The van der Waals surface area contributed by atoms with Crippen LogP contribution in [0, 0.1) is 11.8 Å². The summed E-state index contributed by atoms with van der Waals surface area (Å²) in [4.78, 5) is 0. The first-order valence-corrected chi connectivity index (χ1v) is 6.87. The summed E-state index contributed by atoms with van der Waals surface area (Å²) < 4.78 is 0. The van der Waals surface area contributed by atoms with E-state index >= 15 is 0 Å². The average molecular weight is 226 g/mol. The minimum atomic E-state index is 0.266. The summed E-state index contributed by atoms with van der Waals surface area (Å²) in [5.41, 5.74) is 6.26. The first kappa shape index (κ1) is 12.3. The van der Waals surface area contributed by atoms with Crippen LogP contribution >= 0.6 is 0 Å². The second-order valence-corrected chi connectivity index (χ2v) is 5.65. The molecule has 0 saturated heterocycles. The molecule has 0 amide bonds. The molecule has 3 atom stereocenters. The summed E-state index contributed by atoms with van der Waals surface area (Å²) in [5, 5.41) is 12.4. The van der Waals surface area contributed by atoms with Gasteiger partial charge in [-0.2, -0.15) is 0 Å². The standard InChI is InChI=1S/C13H26N2O/c14-10-13(15-6-2-1-3-7-16)9-11-4-5-12(13)8-11/h11-12,15-16H,1-10,14H2. The van der Waals surface area contributed by atoms with E-state index < -0.39 is 0 Å². The van der Waals surface area contributed by atoms with Crippen LogP contribution in [0.2, 0.25) is 0 Å². The van der Waals surface area contributed by atoms with Gasteiger partial charge in [-0.25, -0.2) is 0 Å². The minimum Gasteiger partial charge on any atom is -0.396 e. The van der Waals surface area contributed by atoms with Gasteiger partial charge in [-0.3, -0.25) is 0 Å². The normalized spacial score (nSPS) is 37.1. The lowest BCUT2D eigenvalue weighted by atomic mass is 9.81. The van der Waals surface area contributed by atoms with Gasteiger partial charge >= 0.3 is 0 Å². The molecule has 0 heterocycles. The molecule has 0 spiro atoms. The van der Waals surface area contributed by atoms with Crippen molar-refractivity contribution in [3.63, 3.8) is 0 Å². The summed E-state index contributed by atoms with van der Waals surface area (Å²) in [6, 6.07) is 0. The summed E-state index contributed by atoms with van der Waals surface area (Å²) in [7, 11) is 0. The maximum absolute atomic E-state index is 8.72. The topological polar surface area (TPSA) is 58.3 Å². The zero-order valence-corrected chi connectivity index (χ0v) is 10.3. The van der Waals surface area contributed by atoms with Gasteiger partial charge in [0.2, 0.25) is 0 Å². The first-order chi connectivity index (χ1) is 7.80. The van der Waals surface area contributed by atoms with E-state index in [-0.39, 0.29) is 5.54 Å². The molecule has 3 heteroatoms. The van der Waals surface area contributed by atoms with Crippen LogP contribution in [0.5, 0.6) is 0 Å². The molecule has 2 fully saturated rings. The summed E-state index contributed by atoms with van der Waals surface area (Å²) in [6.07, 6.45) is 8.74. The lowest BCUT2D eigenvalue weighted by molar-refractivity contribution is 0.213. The zero-order chi connectivity index (χ0) is 11.4. The van der Waals surface area contributed by atoms with Crippen molar-refractivity contribution in [1.29, 1.82) is 0 Å². The molecule has 2 rings (SSSR count). The van der Waals surface area contributed by atoms with E-state index in [0.717, 1.165) is 37.8 Å². The van der Waals surface area contributed by atoms with Crippen LogP contribution < -0.4 is 11.1 Å². The van der Waals surface area contributed by atoms with Crippen molar-refractivity contribution >= 4 is 0 Å².